The van der Waals surface area contributed by atoms with Gasteiger partial charge in [0.15, 0.2) is 0 Å². The Bertz CT molecular complexity index is 1330. The number of rotatable bonds is 7. The zero-order chi connectivity index (χ0) is 22.0. The van der Waals surface area contributed by atoms with E-state index in [0.717, 1.165) is 5.56 Å². The normalized spacial score (nSPS) is 11.5. The number of nitrogens with one attached hydrogen (secondary N) is 1. The van der Waals surface area contributed by atoms with E-state index in [0.29, 0.717) is 42.8 Å². The molecule has 1 N–H and O–H groups in total. The lowest BCUT2D eigenvalue weighted by Gasteiger charge is -2.12. The van der Waals surface area contributed by atoms with Gasteiger partial charge < -0.3 is 9.62 Å². The molecule has 0 fully saturated rings. The molecule has 0 amide bonds. The van der Waals surface area contributed by atoms with Crippen LogP contribution in [0.1, 0.15) is 5.56 Å². The number of halogens is 1. The molecule has 1 heterocycles. The van der Waals surface area contributed by atoms with Crippen molar-refractivity contribution in [3.63, 3.8) is 0 Å². The van der Waals surface area contributed by atoms with Gasteiger partial charge in [-0.3, -0.25) is 4.72 Å². The minimum atomic E-state index is -3.95. The summed E-state index contributed by atoms with van der Waals surface area (Å²) in [5.74, 6) is 0.567. The van der Waals surface area contributed by atoms with E-state index >= 15 is 0 Å². The first-order valence-corrected chi connectivity index (χ1v) is 12.0. The Morgan fingerprint density at radius 2 is 1.81 bits per heavy atom. The van der Waals surface area contributed by atoms with Crippen molar-refractivity contribution in [3.8, 4) is 0 Å². The Morgan fingerprint density at radius 1 is 1.06 bits per heavy atom. The van der Waals surface area contributed by atoms with Gasteiger partial charge in [-0.15, -0.1) is 11.8 Å². The number of hydrogen-bond donors (Lipinski definition) is 1. The molecule has 0 atom stereocenters. The number of nitrogens with zero attached hydrogens (tertiary/aromatic N) is 1. The summed E-state index contributed by atoms with van der Waals surface area (Å²) in [6, 6.07) is 20.6. The second kappa shape index (κ2) is 8.66. The summed E-state index contributed by atoms with van der Waals surface area (Å²) in [5.41, 5.74) is 2.28. The molecule has 0 saturated carbocycles. The summed E-state index contributed by atoms with van der Waals surface area (Å²) in [7, 11) is -3.95. The molecule has 1 aromatic heterocycles. The third-order valence-corrected chi connectivity index (χ3v) is 7.07. The smallest absolute Gasteiger partial charge is 0.295 e. The van der Waals surface area contributed by atoms with Crippen molar-refractivity contribution in [1.29, 1.82) is 0 Å². The monoisotopic (exact) mass is 472 g/mol. The molecular formula is C22H17ClN2O4S2. The number of thioether (sulfide) groups is 1. The van der Waals surface area contributed by atoms with Gasteiger partial charge in [0.05, 0.1) is 5.69 Å². The Kier molecular flexibility index (Phi) is 5.95. The maximum Gasteiger partial charge on any atom is 0.295 e. The number of sulfonamides is 1. The fourth-order valence-corrected chi connectivity index (χ4v) is 5.13. The maximum absolute atomic E-state index is 12.9. The van der Waals surface area contributed by atoms with Gasteiger partial charge in [-0.1, -0.05) is 41.9 Å². The van der Waals surface area contributed by atoms with Crippen LogP contribution >= 0.6 is 23.4 Å². The van der Waals surface area contributed by atoms with Crippen LogP contribution in [0, 0.1) is 5.21 Å². The molecule has 158 valence electrons. The molecule has 0 aliphatic rings. The largest absolute Gasteiger partial charge is 0.619 e. The summed E-state index contributed by atoms with van der Waals surface area (Å²) in [5, 5.41) is 12.2. The van der Waals surface area contributed by atoms with Crippen LogP contribution in [0.5, 0.6) is 0 Å². The molecule has 0 radical (unpaired) electrons. The first-order valence-electron chi connectivity index (χ1n) is 9.12. The van der Waals surface area contributed by atoms with E-state index in [1.807, 2.05) is 18.2 Å². The topological polar surface area (TPSA) is 85.4 Å². The van der Waals surface area contributed by atoms with Crippen LogP contribution in [0.25, 0.3) is 11.0 Å². The summed E-state index contributed by atoms with van der Waals surface area (Å²) < 4.78 is 34.5. The molecule has 31 heavy (non-hydrogen) atoms. The summed E-state index contributed by atoms with van der Waals surface area (Å²) >= 11 is 7.55. The van der Waals surface area contributed by atoms with Crippen molar-refractivity contribution >= 4 is 62.4 Å². The highest BCUT2D eigenvalue weighted by molar-refractivity contribution is 7.98. The van der Waals surface area contributed by atoms with Gasteiger partial charge in [-0.05, 0) is 29.8 Å². The van der Waals surface area contributed by atoms with Gasteiger partial charge in [-0.25, -0.2) is 0 Å². The van der Waals surface area contributed by atoms with Crippen LogP contribution in [-0.4, -0.2) is 19.9 Å². The molecule has 0 bridgehead atoms. The van der Waals surface area contributed by atoms with Gasteiger partial charge in [0.1, 0.15) is 12.3 Å². The Balaban J connectivity index is 1.56. The van der Waals surface area contributed by atoms with E-state index in [-0.39, 0.29) is 5.09 Å². The first kappa shape index (κ1) is 21.3. The fraction of sp³-hybridized carbons (Fsp3) is 0.0455. The Labute approximate surface area is 188 Å². The predicted octanol–water partition coefficient (Wildman–Crippen LogP) is 6.02. The lowest BCUT2D eigenvalue weighted by atomic mass is 10.2. The maximum atomic E-state index is 12.9. The molecular weight excluding hydrogens is 456 g/mol. The van der Waals surface area contributed by atoms with Gasteiger partial charge in [0, 0.05) is 39.3 Å². The predicted molar refractivity (Wildman–Crippen MR) is 125 cm³/mol. The fourth-order valence-electron chi connectivity index (χ4n) is 2.91. The van der Waals surface area contributed by atoms with Crippen LogP contribution in [0.2, 0.25) is 5.02 Å². The van der Waals surface area contributed by atoms with Crippen LogP contribution in [0.4, 0.5) is 11.4 Å². The average molecular weight is 473 g/mol. The molecule has 3 aromatic carbocycles. The molecule has 4 aromatic rings. The van der Waals surface area contributed by atoms with E-state index in [1.165, 1.54) is 17.8 Å². The van der Waals surface area contributed by atoms with E-state index in [1.54, 1.807) is 48.5 Å². The van der Waals surface area contributed by atoms with Crippen molar-refractivity contribution < 1.29 is 17.6 Å². The average Bonchev–Trinajstić information content (AvgIpc) is 3.19. The summed E-state index contributed by atoms with van der Waals surface area (Å²) in [6.07, 6.45) is 0. The second-order valence-corrected chi connectivity index (χ2v) is 9.75. The number of furan rings is 1. The minimum Gasteiger partial charge on any atom is -0.619 e. The lowest BCUT2D eigenvalue weighted by molar-refractivity contribution is -0.349. The van der Waals surface area contributed by atoms with Crippen molar-refractivity contribution in [2.24, 2.45) is 0 Å². The van der Waals surface area contributed by atoms with Crippen LogP contribution in [0.15, 0.2) is 87.2 Å². The minimum absolute atomic E-state index is 0.171. The molecule has 4 rings (SSSR count). The highest BCUT2D eigenvalue weighted by atomic mass is 35.5. The van der Waals surface area contributed by atoms with Gasteiger partial charge in [-0.2, -0.15) is 13.2 Å². The number of hydrogen-bond acceptors (Lipinski definition) is 5. The van der Waals surface area contributed by atoms with Crippen LogP contribution in [0.3, 0.4) is 0 Å². The first-order chi connectivity index (χ1) is 14.8. The zero-order valence-electron chi connectivity index (χ0n) is 16.1. The standard InChI is InChI=1S/C22H17ClN2O4S2/c1-25(26)18-9-6-15(7-10-18)14-30-21-11-8-17(23)13-19(21)24-31(27,28)22-12-16-4-2-3-5-20(16)29-22/h2-13,24H,1,14H2. The van der Waals surface area contributed by atoms with Gasteiger partial charge >= 0.3 is 0 Å². The van der Waals surface area contributed by atoms with Crippen molar-refractivity contribution in [3.05, 3.63) is 88.6 Å². The van der Waals surface area contributed by atoms with Crippen molar-refractivity contribution in [2.75, 3.05) is 4.72 Å². The van der Waals surface area contributed by atoms with E-state index in [2.05, 4.69) is 11.4 Å². The molecule has 9 heteroatoms. The quantitative estimate of drug-likeness (QED) is 0.117. The lowest BCUT2D eigenvalue weighted by Crippen LogP contribution is -2.12. The molecule has 0 unspecified atom stereocenters. The molecule has 0 aliphatic heterocycles. The number of anilines is 1. The summed E-state index contributed by atoms with van der Waals surface area (Å²) in [4.78, 5) is 0.704. The molecule has 6 nitrogen and oxygen atoms in total. The highest BCUT2D eigenvalue weighted by Crippen LogP contribution is 2.34. The zero-order valence-corrected chi connectivity index (χ0v) is 18.5. The molecule has 0 saturated heterocycles. The summed E-state index contributed by atoms with van der Waals surface area (Å²) in [6.45, 7) is 3.31. The van der Waals surface area contributed by atoms with Gasteiger partial charge in [0.2, 0.25) is 10.8 Å². The Morgan fingerprint density at radius 3 is 2.52 bits per heavy atom. The van der Waals surface area contributed by atoms with E-state index in [4.69, 9.17) is 16.0 Å². The van der Waals surface area contributed by atoms with Crippen LogP contribution in [-0.2, 0) is 15.8 Å². The van der Waals surface area contributed by atoms with Gasteiger partial charge in [0.25, 0.3) is 10.0 Å². The third-order valence-electron chi connectivity index (χ3n) is 4.47. The van der Waals surface area contributed by atoms with Crippen LogP contribution < -0.4 is 4.72 Å². The van der Waals surface area contributed by atoms with Crippen molar-refractivity contribution in [1.82, 2.24) is 0 Å². The Hall–Kier alpha value is -2.94. The van der Waals surface area contributed by atoms with Crippen molar-refractivity contribution in [2.45, 2.75) is 15.7 Å². The number of fused-ring (bicyclic) bond motifs is 1. The third kappa shape index (κ3) is 4.87. The second-order valence-electron chi connectivity index (χ2n) is 6.68. The molecule has 0 aliphatic carbocycles. The number of para-hydroxylation sites is 1. The van der Waals surface area contributed by atoms with E-state index in [9.17, 15) is 13.6 Å². The highest BCUT2D eigenvalue weighted by Gasteiger charge is 2.21. The molecule has 0 spiro atoms. The SMILES string of the molecule is C=[N+]([O-])c1ccc(CSc2ccc(Cl)cc2NS(=O)(=O)c2cc3ccccc3o2)cc1. The number of benzene rings is 3. The van der Waals surface area contributed by atoms with E-state index < -0.39 is 10.0 Å².